The number of nitrogens with zero attached hydrogens (tertiary/aromatic N) is 1. The quantitative estimate of drug-likeness (QED) is 0.146. The van der Waals surface area contributed by atoms with E-state index in [0.29, 0.717) is 48.6 Å². The van der Waals surface area contributed by atoms with E-state index in [2.05, 4.69) is 24.3 Å². The first-order valence-electron chi connectivity index (χ1n) is 16.8. The number of ether oxygens (including phenoxy) is 5. The van der Waals surface area contributed by atoms with E-state index >= 15 is 0 Å². The van der Waals surface area contributed by atoms with E-state index < -0.39 is 36.8 Å². The largest absolute Gasteiger partial charge is 0.493 e. The van der Waals surface area contributed by atoms with Gasteiger partial charge in [-0.25, -0.2) is 14.4 Å². The van der Waals surface area contributed by atoms with Crippen LogP contribution in [0.1, 0.15) is 60.0 Å². The molecule has 1 saturated heterocycles. The van der Waals surface area contributed by atoms with Crippen LogP contribution < -0.4 is 14.2 Å². The number of carbonyl (C=O) groups excluding carboxylic acids is 2. The summed E-state index contributed by atoms with van der Waals surface area (Å²) in [4.78, 5) is 40.2. The van der Waals surface area contributed by atoms with Crippen LogP contribution in [0.5, 0.6) is 17.2 Å². The number of hydrogen-bond donors (Lipinski definition) is 1. The molecule has 1 fully saturated rings. The zero-order valence-corrected chi connectivity index (χ0v) is 28.2. The summed E-state index contributed by atoms with van der Waals surface area (Å²) in [6, 6.07) is 28.0. The molecule has 0 spiro atoms. The van der Waals surface area contributed by atoms with Crippen molar-refractivity contribution in [1.29, 1.82) is 0 Å². The molecule has 0 bridgehead atoms. The molecule has 10 nitrogen and oxygen atoms in total. The number of piperidine rings is 1. The van der Waals surface area contributed by atoms with E-state index in [1.165, 1.54) is 4.90 Å². The number of carboxylic acids is 1. The van der Waals surface area contributed by atoms with Crippen molar-refractivity contribution in [3.05, 3.63) is 113 Å². The van der Waals surface area contributed by atoms with Crippen LogP contribution in [-0.4, -0.2) is 68.1 Å². The lowest BCUT2D eigenvalue weighted by Crippen LogP contribution is -2.49. The van der Waals surface area contributed by atoms with E-state index in [9.17, 15) is 14.4 Å². The zero-order valence-electron chi connectivity index (χ0n) is 28.2. The van der Waals surface area contributed by atoms with Gasteiger partial charge in [0.2, 0.25) is 0 Å². The van der Waals surface area contributed by atoms with Crippen molar-refractivity contribution >= 4 is 18.0 Å². The van der Waals surface area contributed by atoms with Crippen LogP contribution in [0.15, 0.2) is 91.0 Å². The highest BCUT2D eigenvalue weighted by molar-refractivity contribution is 5.82. The first kappa shape index (κ1) is 34.4. The molecule has 260 valence electrons. The van der Waals surface area contributed by atoms with E-state index in [1.54, 1.807) is 32.4 Å². The molecule has 1 amide bonds. The Balaban J connectivity index is 1.18. The standard InChI is InChI=1S/C40H41NO9/c1-46-36-20-18-26(22-37(36)47-2)17-19-35(27-10-9-11-28(23-27)48-25-38(42)43)50-39(44)34-16-7-8-21-41(34)40(45)49-24-33-31-14-5-3-12-29(31)30-13-4-6-15-32(30)33/h3-6,9-15,18,20,22-23,33-35H,7-8,16-17,19,21,24-25H2,1-2H3,(H,42,43)/t34-,35?/m0/s1. The Bertz CT molecular complexity index is 1790. The van der Waals surface area contributed by atoms with Gasteiger partial charge in [-0.1, -0.05) is 66.7 Å². The van der Waals surface area contributed by atoms with Gasteiger partial charge in [-0.05, 0) is 89.8 Å². The molecule has 4 aromatic rings. The second kappa shape index (κ2) is 15.8. The number of aliphatic carboxylic acids is 1. The van der Waals surface area contributed by atoms with Gasteiger partial charge in [-0.15, -0.1) is 0 Å². The first-order valence-corrected chi connectivity index (χ1v) is 16.8. The Morgan fingerprint density at radius 1 is 0.840 bits per heavy atom. The third-order valence-corrected chi connectivity index (χ3v) is 9.34. The van der Waals surface area contributed by atoms with Crippen molar-refractivity contribution in [3.63, 3.8) is 0 Å². The minimum atomic E-state index is -1.10. The molecule has 0 saturated carbocycles. The molecule has 0 radical (unpaired) electrons. The van der Waals surface area contributed by atoms with Crippen molar-refractivity contribution in [2.45, 2.75) is 50.2 Å². The second-order valence-corrected chi connectivity index (χ2v) is 12.4. The van der Waals surface area contributed by atoms with Crippen molar-refractivity contribution in [2.75, 3.05) is 34.0 Å². The average Bonchev–Trinajstić information content (AvgIpc) is 3.47. The lowest BCUT2D eigenvalue weighted by Gasteiger charge is -2.34. The van der Waals surface area contributed by atoms with Crippen molar-refractivity contribution in [1.82, 2.24) is 4.90 Å². The summed E-state index contributed by atoms with van der Waals surface area (Å²) >= 11 is 0. The van der Waals surface area contributed by atoms with Crippen LogP contribution in [0.4, 0.5) is 4.79 Å². The fourth-order valence-corrected chi connectivity index (χ4v) is 6.87. The molecule has 0 aromatic heterocycles. The monoisotopic (exact) mass is 679 g/mol. The van der Waals surface area contributed by atoms with Gasteiger partial charge in [0.1, 0.15) is 24.5 Å². The number of methoxy groups -OCH3 is 2. The predicted octanol–water partition coefficient (Wildman–Crippen LogP) is 7.19. The Morgan fingerprint density at radius 3 is 2.26 bits per heavy atom. The van der Waals surface area contributed by atoms with Gasteiger partial charge in [0.05, 0.1) is 14.2 Å². The number of carboxylic acid groups (broad SMARTS) is 1. The highest BCUT2D eigenvalue weighted by atomic mass is 16.6. The molecule has 1 aliphatic carbocycles. The summed E-state index contributed by atoms with van der Waals surface area (Å²) in [5.74, 6) is -0.186. The Labute approximate surface area is 291 Å². The maximum absolute atomic E-state index is 14.0. The van der Waals surface area contributed by atoms with Crippen LogP contribution in [0.2, 0.25) is 0 Å². The number of esters is 1. The van der Waals surface area contributed by atoms with E-state index in [1.807, 2.05) is 48.5 Å². The van der Waals surface area contributed by atoms with Gasteiger partial charge >= 0.3 is 18.0 Å². The highest BCUT2D eigenvalue weighted by Crippen LogP contribution is 2.44. The van der Waals surface area contributed by atoms with Gasteiger partial charge in [0, 0.05) is 12.5 Å². The Hall–Kier alpha value is -5.51. The molecule has 6 rings (SSSR count). The van der Waals surface area contributed by atoms with Gasteiger partial charge in [-0.2, -0.15) is 0 Å². The molecular formula is C40H41NO9. The number of amides is 1. The number of aryl methyl sites for hydroxylation is 1. The van der Waals surface area contributed by atoms with Gasteiger partial charge in [-0.3, -0.25) is 4.90 Å². The topological polar surface area (TPSA) is 121 Å². The van der Waals surface area contributed by atoms with E-state index in [0.717, 1.165) is 40.7 Å². The number of benzene rings is 4. The SMILES string of the molecule is COc1ccc(CCC(OC(=O)[C@@H]2CCCCN2C(=O)OCC2c3ccccc3-c3ccccc32)c2cccc(OCC(=O)O)c2)cc1OC. The van der Waals surface area contributed by atoms with Crippen molar-refractivity contribution in [2.24, 2.45) is 0 Å². The highest BCUT2D eigenvalue weighted by Gasteiger charge is 2.37. The van der Waals surface area contributed by atoms with Crippen molar-refractivity contribution in [3.8, 4) is 28.4 Å². The maximum Gasteiger partial charge on any atom is 0.410 e. The Kier molecular flexibility index (Phi) is 10.9. The molecule has 1 N–H and O–H groups in total. The third kappa shape index (κ3) is 7.70. The maximum atomic E-state index is 14.0. The van der Waals surface area contributed by atoms with Gasteiger partial charge < -0.3 is 28.8 Å². The van der Waals surface area contributed by atoms with E-state index in [4.69, 9.17) is 28.8 Å². The number of hydrogen-bond acceptors (Lipinski definition) is 8. The number of rotatable bonds is 13. The summed E-state index contributed by atoms with van der Waals surface area (Å²) in [6.45, 7) is 0.0319. The first-order chi connectivity index (χ1) is 24.4. The van der Waals surface area contributed by atoms with E-state index in [-0.39, 0.29) is 12.5 Å². The molecule has 2 aliphatic rings. The second-order valence-electron chi connectivity index (χ2n) is 12.4. The molecule has 4 aromatic carbocycles. The lowest BCUT2D eigenvalue weighted by molar-refractivity contribution is -0.157. The summed E-state index contributed by atoms with van der Waals surface area (Å²) in [7, 11) is 3.14. The lowest BCUT2D eigenvalue weighted by atomic mass is 9.98. The minimum absolute atomic E-state index is 0.0990. The van der Waals surface area contributed by atoms with Crippen molar-refractivity contribution < 1.29 is 43.2 Å². The molecule has 10 heteroatoms. The molecule has 2 atom stereocenters. The fourth-order valence-electron chi connectivity index (χ4n) is 6.87. The van der Waals surface area contributed by atoms with Crippen LogP contribution in [0.25, 0.3) is 11.1 Å². The average molecular weight is 680 g/mol. The molecule has 1 heterocycles. The summed E-state index contributed by atoms with van der Waals surface area (Å²) in [6.07, 6.45) is 1.64. The van der Waals surface area contributed by atoms with Crippen LogP contribution >= 0.6 is 0 Å². The molecule has 1 unspecified atom stereocenters. The van der Waals surface area contributed by atoms with Crippen LogP contribution in [-0.2, 0) is 25.5 Å². The Morgan fingerprint density at radius 2 is 1.56 bits per heavy atom. The number of fused-ring (bicyclic) bond motifs is 3. The third-order valence-electron chi connectivity index (χ3n) is 9.34. The molecule has 50 heavy (non-hydrogen) atoms. The fraction of sp³-hybridized carbons (Fsp3) is 0.325. The zero-order chi connectivity index (χ0) is 35.0. The minimum Gasteiger partial charge on any atom is -0.493 e. The van der Waals surface area contributed by atoms with Crippen LogP contribution in [0, 0.1) is 0 Å². The number of likely N-dealkylation sites (tertiary alicyclic amines) is 1. The predicted molar refractivity (Wildman–Crippen MR) is 186 cm³/mol. The summed E-state index contributed by atoms with van der Waals surface area (Å²) in [5, 5.41) is 9.11. The number of carbonyl (C=O) groups is 3. The van der Waals surface area contributed by atoms with Crippen LogP contribution in [0.3, 0.4) is 0 Å². The smallest absolute Gasteiger partial charge is 0.410 e. The molecule has 1 aliphatic heterocycles. The summed E-state index contributed by atoms with van der Waals surface area (Å²) < 4.78 is 28.4. The van der Waals surface area contributed by atoms with Gasteiger partial charge in [0.15, 0.2) is 18.1 Å². The van der Waals surface area contributed by atoms with Gasteiger partial charge in [0.25, 0.3) is 0 Å². The normalized spacial score (nSPS) is 15.7. The summed E-state index contributed by atoms with van der Waals surface area (Å²) in [5.41, 5.74) is 6.09. The molecular weight excluding hydrogens is 638 g/mol.